The second-order valence-corrected chi connectivity index (χ2v) is 23.8. The van der Waals surface area contributed by atoms with Gasteiger partial charge in [-0.25, -0.2) is 0 Å². The van der Waals surface area contributed by atoms with Crippen LogP contribution in [0.25, 0.3) is 93.9 Å². The maximum absolute atomic E-state index is 4.72. The lowest BCUT2D eigenvalue weighted by Gasteiger charge is -2.34. The first kappa shape index (κ1) is 49.9. The Kier molecular flexibility index (Phi) is 11.6. The monoisotopic (exact) mass is 1090 g/mol. The molecule has 0 radical (unpaired) electrons. The third kappa shape index (κ3) is 7.83. The minimum atomic E-state index is -0.604. The number of benzene rings is 14. The fourth-order valence-corrected chi connectivity index (χ4v) is 15.4. The quantitative estimate of drug-likeness (QED) is 0.128. The zero-order valence-electron chi connectivity index (χ0n) is 47.6. The first-order chi connectivity index (χ1) is 42.5. The molecule has 3 atom stereocenters. The second kappa shape index (κ2) is 20.0. The van der Waals surface area contributed by atoms with E-state index in [0.29, 0.717) is 0 Å². The van der Waals surface area contributed by atoms with Crippen LogP contribution in [-0.4, -0.2) is 0 Å². The molecule has 0 bridgehead atoms. The van der Waals surface area contributed by atoms with Crippen molar-refractivity contribution in [2.24, 2.45) is 0 Å². The summed E-state index contributed by atoms with van der Waals surface area (Å²) in [6.07, 6.45) is 0.845. The maximum atomic E-state index is 4.72. The minimum absolute atomic E-state index is 0.0467. The van der Waals surface area contributed by atoms with Crippen molar-refractivity contribution in [3.8, 4) is 66.8 Å². The van der Waals surface area contributed by atoms with Gasteiger partial charge in [-0.15, -0.1) is 0 Å². The van der Waals surface area contributed by atoms with E-state index in [0.717, 1.165) is 12.0 Å². The summed E-state index contributed by atoms with van der Waals surface area (Å²) in [4.78, 5) is 0. The van der Waals surface area contributed by atoms with Crippen LogP contribution in [0.2, 0.25) is 0 Å². The Hall–Kier alpha value is -10.7. The first-order valence-corrected chi connectivity index (χ1v) is 30.3. The van der Waals surface area contributed by atoms with Gasteiger partial charge in [0.25, 0.3) is 0 Å². The Morgan fingerprint density at radius 3 is 1.71 bits per heavy atom. The van der Waals surface area contributed by atoms with Gasteiger partial charge in [0.1, 0.15) is 0 Å². The molecule has 0 amide bonds. The van der Waals surface area contributed by atoms with E-state index in [1.165, 1.54) is 155 Å². The van der Waals surface area contributed by atoms with E-state index in [1.54, 1.807) is 0 Å². The Morgan fingerprint density at radius 2 is 0.919 bits per heavy atom. The van der Waals surface area contributed by atoms with Crippen LogP contribution >= 0.6 is 0 Å². The summed E-state index contributed by atoms with van der Waals surface area (Å²) in [7, 11) is 0. The van der Waals surface area contributed by atoms with E-state index in [2.05, 4.69) is 315 Å². The topological polar surface area (TPSA) is 0 Å². The molecule has 0 aromatic heterocycles. The van der Waals surface area contributed by atoms with Crippen LogP contribution in [-0.2, 0) is 11.8 Å². The van der Waals surface area contributed by atoms with Crippen LogP contribution in [0.1, 0.15) is 78.6 Å². The van der Waals surface area contributed by atoms with Crippen molar-refractivity contribution in [2.45, 2.75) is 23.7 Å². The van der Waals surface area contributed by atoms with Gasteiger partial charge in [-0.2, -0.15) is 0 Å². The molecule has 86 heavy (non-hydrogen) atoms. The molecule has 0 saturated carbocycles. The van der Waals surface area contributed by atoms with Crippen molar-refractivity contribution >= 4 is 27.1 Å². The standard InChI is InChI=1S/C86H58/c1-55-76-47-56(39-45-73(76)80-51-64-27-12-11-26-63(64)50-77(55)80)48-78(70-37-20-28-59-25-13-14-33-69(59)70)65-44-46-72-71-34-15-16-35-74(71)84(81(72)52-65)61-42-40-60(41-43-61)79-53-66(58-23-7-3-8-24-58)54-83-85(79)75-36-17-18-38-82(75)86(83,67-30-9-4-10-31-67)68-32-19-29-62(49-68)57-21-5-2-6-22-57/h2-47,49-54,78,84H,1,48H2. The lowest BCUT2D eigenvalue weighted by Crippen LogP contribution is -2.28. The molecular weight excluding hydrogens is 1030 g/mol. The molecule has 0 spiro atoms. The molecule has 0 heteroatoms. The number of rotatable bonds is 10. The zero-order valence-corrected chi connectivity index (χ0v) is 47.6. The molecule has 14 aromatic carbocycles. The highest BCUT2D eigenvalue weighted by atomic mass is 14.5. The second-order valence-electron chi connectivity index (χ2n) is 23.8. The van der Waals surface area contributed by atoms with E-state index < -0.39 is 5.41 Å². The van der Waals surface area contributed by atoms with Crippen molar-refractivity contribution in [3.63, 3.8) is 0 Å². The van der Waals surface area contributed by atoms with Crippen LogP contribution < -0.4 is 0 Å². The molecule has 402 valence electrons. The van der Waals surface area contributed by atoms with Gasteiger partial charge in [-0.1, -0.05) is 292 Å². The number of hydrogen-bond acceptors (Lipinski definition) is 0. The predicted molar refractivity (Wildman–Crippen MR) is 360 cm³/mol. The molecule has 3 aliphatic rings. The number of fused-ring (bicyclic) bond motifs is 11. The fourth-order valence-electron chi connectivity index (χ4n) is 15.4. The average Bonchev–Trinajstić information content (AvgIpc) is 1.56. The van der Waals surface area contributed by atoms with Gasteiger partial charge in [-0.05, 0) is 197 Å². The van der Waals surface area contributed by atoms with Gasteiger partial charge in [0, 0.05) is 11.8 Å². The summed E-state index contributed by atoms with van der Waals surface area (Å²) < 4.78 is 0. The van der Waals surface area contributed by atoms with Gasteiger partial charge in [-0.3, -0.25) is 0 Å². The van der Waals surface area contributed by atoms with Crippen molar-refractivity contribution in [1.82, 2.24) is 0 Å². The Labute approximate surface area is 503 Å². The van der Waals surface area contributed by atoms with Crippen molar-refractivity contribution in [2.75, 3.05) is 0 Å². The van der Waals surface area contributed by atoms with Crippen LogP contribution in [0.15, 0.2) is 322 Å². The highest BCUT2D eigenvalue weighted by Crippen LogP contribution is 2.60. The fraction of sp³-hybridized carbons (Fsp3) is 0.0465. The molecule has 0 N–H and O–H groups in total. The third-order valence-corrected chi connectivity index (χ3v) is 19.3. The Morgan fingerprint density at radius 1 is 0.326 bits per heavy atom. The molecule has 0 heterocycles. The predicted octanol–water partition coefficient (Wildman–Crippen LogP) is 21.9. The summed E-state index contributed by atoms with van der Waals surface area (Å²) in [6, 6.07) is 119. The first-order valence-electron chi connectivity index (χ1n) is 30.3. The smallest absolute Gasteiger partial charge is 0.0714 e. The summed E-state index contributed by atoms with van der Waals surface area (Å²) >= 11 is 0. The molecule has 17 rings (SSSR count). The summed E-state index contributed by atoms with van der Waals surface area (Å²) in [5.41, 5.74) is 31.0. The molecule has 3 unspecified atom stereocenters. The summed E-state index contributed by atoms with van der Waals surface area (Å²) in [5.74, 6) is 0.131. The lowest BCUT2D eigenvalue weighted by molar-refractivity contribution is 0.769. The SMILES string of the molecule is C=C1c2cc(CC(c3ccc4c(c3)C(c3ccc(-c5cc(-c6ccccc6)cc6c5-c5ccccc5C6(c5ccccc5)c5cccc(-c6ccccc6)c5)cc3)c3ccccc3-4)c3cccc4ccccc34)ccc2-c2cc3ccccc3cc21. The molecule has 0 nitrogen and oxygen atoms in total. The highest BCUT2D eigenvalue weighted by molar-refractivity contribution is 6.05. The molecule has 0 fully saturated rings. The van der Waals surface area contributed by atoms with Crippen LogP contribution in [0.4, 0.5) is 0 Å². The molecule has 0 saturated heterocycles. The zero-order chi connectivity index (χ0) is 56.9. The Balaban J connectivity index is 0.806. The minimum Gasteiger partial charge on any atom is -0.0905 e. The van der Waals surface area contributed by atoms with Gasteiger partial charge in [0.15, 0.2) is 0 Å². The molecule has 3 aliphatic carbocycles. The molecule has 0 aliphatic heterocycles. The van der Waals surface area contributed by atoms with Crippen LogP contribution in [0.3, 0.4) is 0 Å². The van der Waals surface area contributed by atoms with E-state index in [4.69, 9.17) is 6.58 Å². The maximum Gasteiger partial charge on any atom is 0.0714 e. The van der Waals surface area contributed by atoms with Crippen LogP contribution in [0.5, 0.6) is 0 Å². The van der Waals surface area contributed by atoms with E-state index in [1.807, 2.05) is 0 Å². The Bertz CT molecular complexity index is 5020. The normalized spacial score (nSPS) is 15.4. The molecule has 14 aromatic rings. The lowest BCUT2D eigenvalue weighted by atomic mass is 9.67. The van der Waals surface area contributed by atoms with E-state index >= 15 is 0 Å². The van der Waals surface area contributed by atoms with Gasteiger partial charge < -0.3 is 0 Å². The van der Waals surface area contributed by atoms with Gasteiger partial charge in [0.2, 0.25) is 0 Å². The van der Waals surface area contributed by atoms with Crippen molar-refractivity contribution in [1.29, 1.82) is 0 Å². The number of hydrogen-bond donors (Lipinski definition) is 0. The summed E-state index contributed by atoms with van der Waals surface area (Å²) in [6.45, 7) is 4.72. The third-order valence-electron chi connectivity index (χ3n) is 19.3. The van der Waals surface area contributed by atoms with Gasteiger partial charge in [0.05, 0.1) is 5.41 Å². The highest BCUT2D eigenvalue weighted by Gasteiger charge is 2.47. The van der Waals surface area contributed by atoms with Gasteiger partial charge >= 0.3 is 0 Å². The molecular formula is C86H58. The van der Waals surface area contributed by atoms with Crippen LogP contribution in [0, 0.1) is 0 Å². The average molecular weight is 1090 g/mol. The summed E-state index contributed by atoms with van der Waals surface area (Å²) in [5, 5.41) is 5.07. The van der Waals surface area contributed by atoms with Crippen molar-refractivity contribution in [3.05, 3.63) is 389 Å². The van der Waals surface area contributed by atoms with E-state index in [9.17, 15) is 0 Å². The van der Waals surface area contributed by atoms with Crippen molar-refractivity contribution < 1.29 is 0 Å². The largest absolute Gasteiger partial charge is 0.0905 e. The van der Waals surface area contributed by atoms with E-state index in [-0.39, 0.29) is 11.8 Å².